The number of rotatable bonds is 0. The summed E-state index contributed by atoms with van der Waals surface area (Å²) in [5, 5.41) is 9.32. The van der Waals surface area contributed by atoms with E-state index in [4.69, 9.17) is 0 Å². The van der Waals surface area contributed by atoms with Crippen LogP contribution in [0.3, 0.4) is 0 Å². The third-order valence-corrected chi connectivity index (χ3v) is 2.80. The maximum absolute atomic E-state index is 12.8. The number of aromatic nitrogens is 1. The molecule has 0 saturated carbocycles. The molecule has 20 heavy (non-hydrogen) atoms. The molecule has 0 saturated heterocycles. The van der Waals surface area contributed by atoms with Gasteiger partial charge in [0.2, 0.25) is 0 Å². The molecule has 8 heteroatoms. The summed E-state index contributed by atoms with van der Waals surface area (Å²) >= 11 is 0. The van der Waals surface area contributed by atoms with E-state index >= 15 is 0 Å². The zero-order valence-electron chi connectivity index (χ0n) is 9.89. The molecule has 0 unspecified atom stereocenters. The molecule has 108 valence electrons. The van der Waals surface area contributed by atoms with Crippen LogP contribution in [-0.2, 0) is 12.4 Å². The third kappa shape index (κ3) is 2.25. The molecule has 0 spiro atoms. The smallest absolute Gasteiger partial charge is 0.433 e. The minimum absolute atomic E-state index is 0.370. The first-order chi connectivity index (χ1) is 9.03. The van der Waals surface area contributed by atoms with Crippen molar-refractivity contribution in [3.05, 3.63) is 35.0 Å². The first-order valence-electron chi connectivity index (χ1n) is 5.30. The lowest BCUT2D eigenvalue weighted by molar-refractivity contribution is -0.142. The monoisotopic (exact) mass is 295 g/mol. The topological polar surface area (TPSA) is 33.1 Å². The summed E-state index contributed by atoms with van der Waals surface area (Å²) in [5.74, 6) is -0.853. The highest BCUT2D eigenvalue weighted by Crippen LogP contribution is 2.41. The van der Waals surface area contributed by atoms with Crippen molar-refractivity contribution in [3.63, 3.8) is 0 Å². The molecule has 0 radical (unpaired) electrons. The Labute approximate surface area is 108 Å². The fourth-order valence-corrected chi connectivity index (χ4v) is 1.87. The molecule has 0 aliphatic rings. The van der Waals surface area contributed by atoms with E-state index < -0.39 is 40.4 Å². The molecule has 0 amide bonds. The van der Waals surface area contributed by atoms with Gasteiger partial charge < -0.3 is 5.11 Å². The fraction of sp³-hybridized carbons (Fsp3) is 0.250. The molecule has 0 fully saturated rings. The number of benzene rings is 1. The summed E-state index contributed by atoms with van der Waals surface area (Å²) in [5.41, 5.74) is -4.38. The Morgan fingerprint density at radius 1 is 1.00 bits per heavy atom. The minimum atomic E-state index is -4.95. The van der Waals surface area contributed by atoms with Crippen molar-refractivity contribution in [3.8, 4) is 5.75 Å². The number of halogens is 6. The fourth-order valence-electron chi connectivity index (χ4n) is 1.87. The van der Waals surface area contributed by atoms with Gasteiger partial charge in [0.15, 0.2) is 5.69 Å². The van der Waals surface area contributed by atoms with Crippen molar-refractivity contribution in [1.82, 2.24) is 4.98 Å². The number of aromatic hydroxyl groups is 1. The van der Waals surface area contributed by atoms with Gasteiger partial charge in [0.05, 0.1) is 11.1 Å². The van der Waals surface area contributed by atoms with Crippen molar-refractivity contribution < 1.29 is 31.4 Å². The zero-order chi connectivity index (χ0) is 15.3. The highest BCUT2D eigenvalue weighted by atomic mass is 19.4. The summed E-state index contributed by atoms with van der Waals surface area (Å²) in [7, 11) is 0. The van der Waals surface area contributed by atoms with Crippen LogP contribution in [0.1, 0.15) is 16.8 Å². The van der Waals surface area contributed by atoms with Crippen molar-refractivity contribution in [2.45, 2.75) is 19.3 Å². The Bertz CT molecular complexity index is 674. The first kappa shape index (κ1) is 14.4. The van der Waals surface area contributed by atoms with Gasteiger partial charge >= 0.3 is 12.4 Å². The molecule has 0 atom stereocenters. The molecular formula is C12H7F6NO. The summed E-state index contributed by atoms with van der Waals surface area (Å²) in [6.07, 6.45) is -9.81. The maximum Gasteiger partial charge on any atom is 0.433 e. The molecule has 0 bridgehead atoms. The standard InChI is InChI=1S/C12H7F6NO/c1-5-9(20)6-3-2-4-7(11(13,14)15)8(6)19-10(5)12(16,17)18/h2-4H,1H3,(H,19,20). The molecule has 1 N–H and O–H groups in total. The van der Waals surface area contributed by atoms with Crippen LogP contribution >= 0.6 is 0 Å². The second-order valence-electron chi connectivity index (χ2n) is 4.13. The molecular weight excluding hydrogens is 288 g/mol. The second kappa shape index (κ2) is 4.26. The van der Waals surface area contributed by atoms with Gasteiger partial charge in [-0.3, -0.25) is 0 Å². The average Bonchev–Trinajstić information content (AvgIpc) is 2.30. The molecule has 1 aromatic carbocycles. The summed E-state index contributed by atoms with van der Waals surface area (Å²) < 4.78 is 76.5. The summed E-state index contributed by atoms with van der Waals surface area (Å²) in [4.78, 5) is 3.07. The van der Waals surface area contributed by atoms with Gasteiger partial charge in [-0.15, -0.1) is 0 Å². The summed E-state index contributed by atoms with van der Waals surface area (Å²) in [6, 6.07) is 2.70. The lowest BCUT2D eigenvalue weighted by Crippen LogP contribution is -2.13. The Balaban J connectivity index is 2.93. The van der Waals surface area contributed by atoms with Crippen LogP contribution in [-0.4, -0.2) is 10.1 Å². The second-order valence-corrected chi connectivity index (χ2v) is 4.13. The highest BCUT2D eigenvalue weighted by Gasteiger charge is 2.39. The van der Waals surface area contributed by atoms with Crippen LogP contribution in [0, 0.1) is 6.92 Å². The van der Waals surface area contributed by atoms with Crippen LogP contribution in [0.2, 0.25) is 0 Å². The van der Waals surface area contributed by atoms with Crippen molar-refractivity contribution in [2.75, 3.05) is 0 Å². The predicted molar refractivity (Wildman–Crippen MR) is 58.1 cm³/mol. The Hall–Kier alpha value is -1.99. The first-order valence-corrected chi connectivity index (χ1v) is 5.30. The van der Waals surface area contributed by atoms with Gasteiger partial charge in [0.25, 0.3) is 0 Å². The number of alkyl halides is 6. The van der Waals surface area contributed by atoms with Gasteiger partial charge in [-0.25, -0.2) is 4.98 Å². The largest absolute Gasteiger partial charge is 0.507 e. The van der Waals surface area contributed by atoms with Crippen LogP contribution in [0.4, 0.5) is 26.3 Å². The maximum atomic E-state index is 12.8. The van der Waals surface area contributed by atoms with Gasteiger partial charge in [-0.05, 0) is 19.1 Å². The van der Waals surface area contributed by atoms with Gasteiger partial charge in [0.1, 0.15) is 5.75 Å². The predicted octanol–water partition coefficient (Wildman–Crippen LogP) is 4.29. The Kier molecular flexibility index (Phi) is 3.07. The van der Waals surface area contributed by atoms with E-state index in [1.165, 1.54) is 0 Å². The average molecular weight is 295 g/mol. The number of hydrogen-bond acceptors (Lipinski definition) is 2. The lowest BCUT2D eigenvalue weighted by Gasteiger charge is -2.15. The quantitative estimate of drug-likeness (QED) is 0.736. The normalized spacial score (nSPS) is 12.9. The number of para-hydroxylation sites is 1. The van der Waals surface area contributed by atoms with E-state index in [1.54, 1.807) is 0 Å². The molecule has 0 aliphatic heterocycles. The van der Waals surface area contributed by atoms with E-state index in [-0.39, 0.29) is 5.39 Å². The van der Waals surface area contributed by atoms with Crippen molar-refractivity contribution in [1.29, 1.82) is 0 Å². The van der Waals surface area contributed by atoms with Crippen LogP contribution in [0.5, 0.6) is 5.75 Å². The molecule has 2 aromatic rings. The highest BCUT2D eigenvalue weighted by molar-refractivity contribution is 5.89. The van der Waals surface area contributed by atoms with Crippen molar-refractivity contribution in [2.24, 2.45) is 0 Å². The molecule has 1 aromatic heterocycles. The molecule has 0 aliphatic carbocycles. The number of pyridine rings is 1. The van der Waals surface area contributed by atoms with E-state index in [2.05, 4.69) is 4.98 Å². The van der Waals surface area contributed by atoms with E-state index in [0.29, 0.717) is 6.07 Å². The molecule has 1 heterocycles. The number of hydrogen-bond donors (Lipinski definition) is 1. The van der Waals surface area contributed by atoms with E-state index in [9.17, 15) is 31.4 Å². The molecule has 2 rings (SSSR count). The van der Waals surface area contributed by atoms with E-state index in [1.807, 2.05) is 0 Å². The third-order valence-electron chi connectivity index (χ3n) is 2.80. The van der Waals surface area contributed by atoms with Crippen molar-refractivity contribution >= 4 is 10.9 Å². The SMILES string of the molecule is Cc1c(C(F)(F)F)nc2c(C(F)(F)F)cccc2c1O. The zero-order valence-corrected chi connectivity index (χ0v) is 9.89. The number of nitrogens with zero attached hydrogens (tertiary/aromatic N) is 1. The summed E-state index contributed by atoms with van der Waals surface area (Å²) in [6.45, 7) is 0.949. The van der Waals surface area contributed by atoms with Crippen LogP contribution < -0.4 is 0 Å². The van der Waals surface area contributed by atoms with E-state index in [0.717, 1.165) is 19.1 Å². The molecule has 2 nitrogen and oxygen atoms in total. The van der Waals surface area contributed by atoms with Gasteiger partial charge in [-0.2, -0.15) is 26.3 Å². The number of fused-ring (bicyclic) bond motifs is 1. The lowest BCUT2D eigenvalue weighted by atomic mass is 10.0. The van der Waals surface area contributed by atoms with Gasteiger partial charge in [-0.1, -0.05) is 6.07 Å². The van der Waals surface area contributed by atoms with Gasteiger partial charge in [0, 0.05) is 10.9 Å². The Morgan fingerprint density at radius 2 is 1.60 bits per heavy atom. The van der Waals surface area contributed by atoms with Crippen LogP contribution in [0.25, 0.3) is 10.9 Å². The van der Waals surface area contributed by atoms with Crippen LogP contribution in [0.15, 0.2) is 18.2 Å². The minimum Gasteiger partial charge on any atom is -0.507 e. The Morgan fingerprint density at radius 3 is 2.10 bits per heavy atom.